The molecule has 0 radical (unpaired) electrons. The maximum Gasteiger partial charge on any atom is 0.0577 e. The van der Waals surface area contributed by atoms with Gasteiger partial charge in [-0.3, -0.25) is 0 Å². The predicted molar refractivity (Wildman–Crippen MR) is 51.5 cm³/mol. The molecule has 1 aromatic rings. The van der Waals surface area contributed by atoms with E-state index in [1.807, 2.05) is 31.2 Å². The van der Waals surface area contributed by atoms with Gasteiger partial charge in [0.1, 0.15) is 0 Å². The van der Waals surface area contributed by atoms with E-state index in [2.05, 4.69) is 0 Å². The fourth-order valence-corrected chi connectivity index (χ4v) is 1.29. The molecule has 0 amide bonds. The maximum absolute atomic E-state index is 9.36. The molecule has 66 valence electrons. The molecule has 0 aliphatic heterocycles. The van der Waals surface area contributed by atoms with E-state index in [9.17, 15) is 5.11 Å². The highest BCUT2D eigenvalue weighted by Crippen LogP contribution is 2.12. The zero-order valence-electron chi connectivity index (χ0n) is 7.13. The first-order valence-corrected chi connectivity index (χ1v) is 4.52. The summed E-state index contributed by atoms with van der Waals surface area (Å²) in [4.78, 5) is 0. The van der Waals surface area contributed by atoms with Crippen LogP contribution in [0.5, 0.6) is 0 Å². The Morgan fingerprint density at radius 2 is 2.25 bits per heavy atom. The molecule has 0 spiro atoms. The number of hydrogen-bond acceptors (Lipinski definition) is 1. The quantitative estimate of drug-likeness (QED) is 0.766. The molecule has 1 atom stereocenters. The van der Waals surface area contributed by atoms with E-state index in [4.69, 9.17) is 11.6 Å². The minimum Gasteiger partial charge on any atom is -0.393 e. The zero-order valence-corrected chi connectivity index (χ0v) is 7.88. The van der Waals surface area contributed by atoms with Gasteiger partial charge in [0.05, 0.1) is 6.10 Å². The highest BCUT2D eigenvalue weighted by atomic mass is 35.5. The third-order valence-corrected chi connectivity index (χ3v) is 2.07. The number of rotatable bonds is 3. The Balaban J connectivity index is 2.63. The molecule has 2 heteroatoms. The lowest BCUT2D eigenvalue weighted by Gasteiger charge is -2.06. The van der Waals surface area contributed by atoms with Gasteiger partial charge >= 0.3 is 0 Å². The van der Waals surface area contributed by atoms with Gasteiger partial charge in [-0.2, -0.15) is 0 Å². The third-order valence-electron chi connectivity index (χ3n) is 1.83. The Labute approximate surface area is 78.0 Å². The summed E-state index contributed by atoms with van der Waals surface area (Å²) >= 11 is 5.79. The van der Waals surface area contributed by atoms with Crippen molar-refractivity contribution in [1.82, 2.24) is 0 Å². The summed E-state index contributed by atoms with van der Waals surface area (Å²) in [6, 6.07) is 7.61. The van der Waals surface area contributed by atoms with Gasteiger partial charge in [-0.1, -0.05) is 30.7 Å². The van der Waals surface area contributed by atoms with Crippen LogP contribution in [0.25, 0.3) is 0 Å². The van der Waals surface area contributed by atoms with Crippen LogP contribution >= 0.6 is 11.6 Å². The van der Waals surface area contributed by atoms with E-state index in [0.717, 1.165) is 17.0 Å². The van der Waals surface area contributed by atoms with Crippen LogP contribution in [0, 0.1) is 0 Å². The molecule has 0 aromatic heterocycles. The number of halogens is 1. The van der Waals surface area contributed by atoms with Crippen LogP contribution < -0.4 is 0 Å². The van der Waals surface area contributed by atoms with Crippen molar-refractivity contribution < 1.29 is 5.11 Å². The Bertz CT molecular complexity index is 247. The molecule has 0 fully saturated rings. The Morgan fingerprint density at radius 1 is 1.50 bits per heavy atom. The van der Waals surface area contributed by atoms with E-state index < -0.39 is 0 Å². The van der Waals surface area contributed by atoms with Crippen LogP contribution in [0.1, 0.15) is 18.9 Å². The predicted octanol–water partition coefficient (Wildman–Crippen LogP) is 2.65. The summed E-state index contributed by atoms with van der Waals surface area (Å²) in [6.07, 6.45) is 1.23. The van der Waals surface area contributed by atoms with Crippen LogP contribution in [-0.2, 0) is 6.42 Å². The largest absolute Gasteiger partial charge is 0.393 e. The van der Waals surface area contributed by atoms with Crippen molar-refractivity contribution in [3.8, 4) is 0 Å². The number of hydrogen-bond donors (Lipinski definition) is 1. The second-order valence-electron chi connectivity index (χ2n) is 2.90. The first-order chi connectivity index (χ1) is 5.72. The molecule has 0 aliphatic carbocycles. The van der Waals surface area contributed by atoms with Crippen molar-refractivity contribution in [3.63, 3.8) is 0 Å². The Hall–Kier alpha value is -0.530. The molecular formula is C10H13ClO. The monoisotopic (exact) mass is 184 g/mol. The number of aliphatic hydroxyl groups excluding tert-OH is 1. The first-order valence-electron chi connectivity index (χ1n) is 4.15. The molecule has 0 bridgehead atoms. The van der Waals surface area contributed by atoms with Crippen LogP contribution in [0.3, 0.4) is 0 Å². The molecule has 1 rings (SSSR count). The summed E-state index contributed by atoms with van der Waals surface area (Å²) < 4.78 is 0. The second kappa shape index (κ2) is 4.48. The van der Waals surface area contributed by atoms with Gasteiger partial charge in [-0.05, 0) is 30.5 Å². The summed E-state index contributed by atoms with van der Waals surface area (Å²) in [5.41, 5.74) is 1.09. The Kier molecular flexibility index (Phi) is 3.57. The van der Waals surface area contributed by atoms with Crippen LogP contribution in [0.2, 0.25) is 5.02 Å². The molecule has 1 aromatic carbocycles. The van der Waals surface area contributed by atoms with Crippen molar-refractivity contribution in [2.75, 3.05) is 0 Å². The van der Waals surface area contributed by atoms with Gasteiger partial charge in [0.15, 0.2) is 0 Å². The van der Waals surface area contributed by atoms with E-state index in [1.165, 1.54) is 0 Å². The van der Waals surface area contributed by atoms with Gasteiger partial charge in [0.25, 0.3) is 0 Å². The SMILES string of the molecule is CC[C@@H](O)Cc1cccc(Cl)c1. The van der Waals surface area contributed by atoms with Gasteiger partial charge in [-0.25, -0.2) is 0 Å². The minimum atomic E-state index is -0.247. The van der Waals surface area contributed by atoms with Gasteiger partial charge in [0.2, 0.25) is 0 Å². The molecule has 0 heterocycles. The Morgan fingerprint density at radius 3 is 2.83 bits per heavy atom. The summed E-state index contributed by atoms with van der Waals surface area (Å²) in [5.74, 6) is 0. The topological polar surface area (TPSA) is 20.2 Å². The van der Waals surface area contributed by atoms with Crippen molar-refractivity contribution in [1.29, 1.82) is 0 Å². The lowest BCUT2D eigenvalue weighted by molar-refractivity contribution is 0.171. The molecule has 1 nitrogen and oxygen atoms in total. The van der Waals surface area contributed by atoms with E-state index in [-0.39, 0.29) is 6.10 Å². The van der Waals surface area contributed by atoms with E-state index >= 15 is 0 Å². The summed E-state index contributed by atoms with van der Waals surface area (Å²) in [5, 5.41) is 10.1. The average molecular weight is 185 g/mol. The van der Waals surface area contributed by atoms with E-state index in [0.29, 0.717) is 6.42 Å². The highest BCUT2D eigenvalue weighted by Gasteiger charge is 2.02. The fraction of sp³-hybridized carbons (Fsp3) is 0.400. The van der Waals surface area contributed by atoms with Crippen LogP contribution in [-0.4, -0.2) is 11.2 Å². The van der Waals surface area contributed by atoms with E-state index in [1.54, 1.807) is 0 Å². The molecule has 0 saturated heterocycles. The molecule has 0 unspecified atom stereocenters. The van der Waals surface area contributed by atoms with Crippen LogP contribution in [0.15, 0.2) is 24.3 Å². The van der Waals surface area contributed by atoms with Crippen molar-refractivity contribution in [2.45, 2.75) is 25.9 Å². The van der Waals surface area contributed by atoms with Crippen molar-refractivity contribution >= 4 is 11.6 Å². The highest BCUT2D eigenvalue weighted by molar-refractivity contribution is 6.30. The zero-order chi connectivity index (χ0) is 8.97. The smallest absolute Gasteiger partial charge is 0.0577 e. The molecule has 0 aliphatic rings. The lowest BCUT2D eigenvalue weighted by Crippen LogP contribution is -2.07. The van der Waals surface area contributed by atoms with Crippen molar-refractivity contribution in [2.24, 2.45) is 0 Å². The average Bonchev–Trinajstić information content (AvgIpc) is 2.04. The number of aliphatic hydroxyl groups is 1. The molecular weight excluding hydrogens is 172 g/mol. The normalized spacial score (nSPS) is 12.9. The maximum atomic E-state index is 9.36. The summed E-state index contributed by atoms with van der Waals surface area (Å²) in [7, 11) is 0. The molecule has 12 heavy (non-hydrogen) atoms. The fourth-order valence-electron chi connectivity index (χ4n) is 1.08. The summed E-state index contributed by atoms with van der Waals surface area (Å²) in [6.45, 7) is 1.97. The first kappa shape index (κ1) is 9.56. The molecule has 0 saturated carbocycles. The van der Waals surface area contributed by atoms with Gasteiger partial charge < -0.3 is 5.11 Å². The van der Waals surface area contributed by atoms with Crippen molar-refractivity contribution in [3.05, 3.63) is 34.9 Å². The standard InChI is InChI=1S/C10H13ClO/c1-2-10(12)7-8-4-3-5-9(11)6-8/h3-6,10,12H,2,7H2,1H3/t10-/m1/s1. The second-order valence-corrected chi connectivity index (χ2v) is 3.33. The van der Waals surface area contributed by atoms with Crippen LogP contribution in [0.4, 0.5) is 0 Å². The lowest BCUT2D eigenvalue weighted by atomic mass is 10.1. The van der Waals surface area contributed by atoms with Gasteiger partial charge in [-0.15, -0.1) is 0 Å². The third kappa shape index (κ3) is 2.84. The number of benzene rings is 1. The van der Waals surface area contributed by atoms with Gasteiger partial charge in [0, 0.05) is 5.02 Å². The minimum absolute atomic E-state index is 0.247. The molecule has 1 N–H and O–H groups in total.